The number of likely N-dealkylation sites (tertiary alicyclic amines) is 1. The summed E-state index contributed by atoms with van der Waals surface area (Å²) in [6, 6.07) is 7.80. The number of carbonyl (C=O) groups is 1. The highest BCUT2D eigenvalue weighted by Crippen LogP contribution is 2.23. The molecular formula is C19H30N2O2. The molecule has 1 saturated heterocycles. The summed E-state index contributed by atoms with van der Waals surface area (Å²) in [7, 11) is 0. The van der Waals surface area contributed by atoms with Crippen LogP contribution in [0.5, 0.6) is 5.75 Å². The fraction of sp³-hybridized carbons (Fsp3) is 0.632. The minimum Gasteiger partial charge on any atom is -0.508 e. The molecule has 1 aromatic rings. The minimum absolute atomic E-state index is 0.0778. The largest absolute Gasteiger partial charge is 0.508 e. The Hall–Kier alpha value is -1.55. The van der Waals surface area contributed by atoms with Crippen LogP contribution in [0.1, 0.15) is 56.8 Å². The van der Waals surface area contributed by atoms with Crippen molar-refractivity contribution in [2.75, 3.05) is 19.6 Å². The van der Waals surface area contributed by atoms with Crippen molar-refractivity contribution in [2.24, 2.45) is 0 Å². The first-order valence-electron chi connectivity index (χ1n) is 8.94. The topological polar surface area (TPSA) is 43.8 Å². The van der Waals surface area contributed by atoms with Crippen LogP contribution in [0.3, 0.4) is 0 Å². The first-order valence-corrected chi connectivity index (χ1v) is 8.94. The molecule has 1 N–H and O–H groups in total. The number of hydrogen-bond donors (Lipinski definition) is 1. The molecule has 23 heavy (non-hydrogen) atoms. The van der Waals surface area contributed by atoms with Gasteiger partial charge < -0.3 is 10.0 Å². The highest BCUT2D eigenvalue weighted by atomic mass is 16.3. The molecule has 1 aliphatic rings. The van der Waals surface area contributed by atoms with Crippen molar-refractivity contribution in [1.29, 1.82) is 0 Å². The van der Waals surface area contributed by atoms with Crippen molar-refractivity contribution in [3.05, 3.63) is 29.8 Å². The molecule has 4 heteroatoms. The summed E-state index contributed by atoms with van der Waals surface area (Å²) in [4.78, 5) is 17.1. The zero-order valence-corrected chi connectivity index (χ0v) is 14.7. The van der Waals surface area contributed by atoms with Gasteiger partial charge in [-0.05, 0) is 56.5 Å². The summed E-state index contributed by atoms with van der Waals surface area (Å²) in [6.07, 6.45) is 4.48. The van der Waals surface area contributed by atoms with Crippen molar-refractivity contribution in [3.8, 4) is 5.75 Å². The molecule has 2 rings (SSSR count). The minimum atomic E-state index is 0.0778. The van der Waals surface area contributed by atoms with Gasteiger partial charge in [0, 0.05) is 30.7 Å². The highest BCUT2D eigenvalue weighted by molar-refractivity contribution is 5.94. The van der Waals surface area contributed by atoms with Gasteiger partial charge >= 0.3 is 0 Å². The molecule has 0 unspecified atom stereocenters. The summed E-state index contributed by atoms with van der Waals surface area (Å²) in [5.74, 6) is 0.276. The molecule has 0 aliphatic carbocycles. The third-order valence-electron chi connectivity index (χ3n) is 5.11. The van der Waals surface area contributed by atoms with Gasteiger partial charge in [0.25, 0.3) is 5.91 Å². The zero-order chi connectivity index (χ0) is 16.8. The maximum absolute atomic E-state index is 12.5. The van der Waals surface area contributed by atoms with Gasteiger partial charge in [0.05, 0.1) is 0 Å². The lowest BCUT2D eigenvalue weighted by Gasteiger charge is -2.41. The Labute approximate surface area is 140 Å². The van der Waals surface area contributed by atoms with E-state index in [1.54, 1.807) is 24.3 Å². The maximum atomic E-state index is 12.5. The number of aromatic hydroxyl groups is 1. The molecule has 1 aliphatic heterocycles. The Kier molecular flexibility index (Phi) is 6.46. The number of amides is 1. The number of piperidine rings is 1. The highest BCUT2D eigenvalue weighted by Gasteiger charge is 2.29. The smallest absolute Gasteiger partial charge is 0.253 e. The van der Waals surface area contributed by atoms with Crippen molar-refractivity contribution in [3.63, 3.8) is 0 Å². The molecule has 1 fully saturated rings. The van der Waals surface area contributed by atoms with E-state index in [2.05, 4.69) is 25.7 Å². The summed E-state index contributed by atoms with van der Waals surface area (Å²) in [6.45, 7) is 9.50. The van der Waals surface area contributed by atoms with E-state index in [1.807, 2.05) is 4.90 Å². The van der Waals surface area contributed by atoms with Gasteiger partial charge in [-0.3, -0.25) is 9.69 Å². The van der Waals surface area contributed by atoms with Crippen LogP contribution in [0.25, 0.3) is 0 Å². The Morgan fingerprint density at radius 3 is 2.22 bits per heavy atom. The summed E-state index contributed by atoms with van der Waals surface area (Å²) < 4.78 is 0. The predicted octanol–water partition coefficient (Wildman–Crippen LogP) is 3.51. The van der Waals surface area contributed by atoms with E-state index >= 15 is 0 Å². The monoisotopic (exact) mass is 318 g/mol. The summed E-state index contributed by atoms with van der Waals surface area (Å²) in [5, 5.41) is 9.34. The van der Waals surface area contributed by atoms with E-state index in [-0.39, 0.29) is 11.7 Å². The number of phenols is 1. The van der Waals surface area contributed by atoms with Gasteiger partial charge in [0.1, 0.15) is 5.75 Å². The number of carbonyl (C=O) groups excluding carboxylic acids is 1. The van der Waals surface area contributed by atoms with E-state index in [9.17, 15) is 9.90 Å². The van der Waals surface area contributed by atoms with Gasteiger partial charge in [-0.15, -0.1) is 0 Å². The van der Waals surface area contributed by atoms with Crippen LogP contribution >= 0.6 is 0 Å². The van der Waals surface area contributed by atoms with Crippen molar-refractivity contribution in [2.45, 2.75) is 58.5 Å². The van der Waals surface area contributed by atoms with Crippen LogP contribution in [-0.4, -0.2) is 52.5 Å². The summed E-state index contributed by atoms with van der Waals surface area (Å²) >= 11 is 0. The molecule has 1 heterocycles. The first-order chi connectivity index (χ1) is 11.1. The number of rotatable bonds is 6. The number of nitrogens with zero attached hydrogens (tertiary/aromatic N) is 2. The van der Waals surface area contributed by atoms with Gasteiger partial charge in [-0.25, -0.2) is 0 Å². The molecule has 0 bridgehead atoms. The van der Waals surface area contributed by atoms with Gasteiger partial charge in [0.15, 0.2) is 0 Å². The standard InChI is InChI=1S/C19H30N2O2/c1-4-16(5-2)21(6-3)17-11-13-20(14-12-17)19(23)15-7-9-18(22)10-8-15/h7-10,16-17,22H,4-6,11-14H2,1-3H3. The third kappa shape index (κ3) is 4.25. The number of phenolic OH excluding ortho intramolecular Hbond substituents is 1. The molecular weight excluding hydrogens is 288 g/mol. The van der Waals surface area contributed by atoms with Crippen molar-refractivity contribution >= 4 is 5.91 Å². The molecule has 1 amide bonds. The number of benzene rings is 1. The first kappa shape index (κ1) is 17.8. The van der Waals surface area contributed by atoms with Gasteiger partial charge in [0.2, 0.25) is 0 Å². The SMILES string of the molecule is CCC(CC)N(CC)C1CCN(C(=O)c2ccc(O)cc2)CC1. The Bertz CT molecular complexity index is 489. The Morgan fingerprint density at radius 1 is 1.17 bits per heavy atom. The lowest BCUT2D eigenvalue weighted by molar-refractivity contribution is 0.0534. The molecule has 0 aromatic heterocycles. The summed E-state index contributed by atoms with van der Waals surface area (Å²) in [5.41, 5.74) is 0.661. The molecule has 128 valence electrons. The molecule has 0 atom stereocenters. The average Bonchev–Trinajstić information content (AvgIpc) is 2.60. The van der Waals surface area contributed by atoms with Crippen LogP contribution in [0, 0.1) is 0 Å². The Balaban J connectivity index is 1.94. The Morgan fingerprint density at radius 2 is 1.74 bits per heavy atom. The van der Waals surface area contributed by atoms with E-state index in [4.69, 9.17) is 0 Å². The second-order valence-corrected chi connectivity index (χ2v) is 6.37. The van der Waals surface area contributed by atoms with Crippen LogP contribution in [0.4, 0.5) is 0 Å². The lowest BCUT2D eigenvalue weighted by atomic mass is 9.98. The van der Waals surface area contributed by atoms with E-state index < -0.39 is 0 Å². The van der Waals surface area contributed by atoms with Crippen molar-refractivity contribution in [1.82, 2.24) is 9.80 Å². The van der Waals surface area contributed by atoms with E-state index in [1.165, 1.54) is 12.8 Å². The van der Waals surface area contributed by atoms with Gasteiger partial charge in [-0.2, -0.15) is 0 Å². The second-order valence-electron chi connectivity index (χ2n) is 6.37. The maximum Gasteiger partial charge on any atom is 0.253 e. The van der Waals surface area contributed by atoms with Crippen LogP contribution in [0.15, 0.2) is 24.3 Å². The normalized spacial score (nSPS) is 16.3. The lowest BCUT2D eigenvalue weighted by Crippen LogP contribution is -2.49. The van der Waals surface area contributed by atoms with Crippen LogP contribution < -0.4 is 0 Å². The van der Waals surface area contributed by atoms with Crippen LogP contribution in [-0.2, 0) is 0 Å². The van der Waals surface area contributed by atoms with E-state index in [0.29, 0.717) is 17.6 Å². The van der Waals surface area contributed by atoms with Gasteiger partial charge in [-0.1, -0.05) is 20.8 Å². The fourth-order valence-corrected chi connectivity index (χ4v) is 3.76. The molecule has 0 saturated carbocycles. The molecule has 4 nitrogen and oxygen atoms in total. The quantitative estimate of drug-likeness (QED) is 0.873. The molecule has 1 aromatic carbocycles. The predicted molar refractivity (Wildman–Crippen MR) is 93.8 cm³/mol. The van der Waals surface area contributed by atoms with Crippen molar-refractivity contribution < 1.29 is 9.90 Å². The fourth-order valence-electron chi connectivity index (χ4n) is 3.76. The molecule has 0 radical (unpaired) electrons. The van der Waals surface area contributed by atoms with E-state index in [0.717, 1.165) is 32.5 Å². The third-order valence-corrected chi connectivity index (χ3v) is 5.11. The second kappa shape index (κ2) is 8.34. The van der Waals surface area contributed by atoms with Crippen LogP contribution in [0.2, 0.25) is 0 Å². The number of hydrogen-bond acceptors (Lipinski definition) is 3. The molecule has 0 spiro atoms. The average molecular weight is 318 g/mol. The zero-order valence-electron chi connectivity index (χ0n) is 14.7.